The van der Waals surface area contributed by atoms with E-state index in [0.29, 0.717) is 17.5 Å². The molecule has 0 spiro atoms. The van der Waals surface area contributed by atoms with Gasteiger partial charge >= 0.3 is 0 Å². The number of benzene rings is 1. The molecule has 2 rings (SSSR count). The van der Waals surface area contributed by atoms with Crippen LogP contribution in [-0.4, -0.2) is 31.4 Å². The van der Waals surface area contributed by atoms with E-state index < -0.39 is 0 Å². The first kappa shape index (κ1) is 15.8. The first-order chi connectivity index (χ1) is 9.97. The molecule has 0 aromatic heterocycles. The molecule has 0 bridgehead atoms. The molecular formula is C15H20ClN3O2. The summed E-state index contributed by atoms with van der Waals surface area (Å²) >= 11 is 6.28. The molecule has 1 aliphatic rings. The van der Waals surface area contributed by atoms with Crippen molar-refractivity contribution in [3.63, 3.8) is 0 Å². The van der Waals surface area contributed by atoms with E-state index in [1.165, 1.54) is 0 Å². The summed E-state index contributed by atoms with van der Waals surface area (Å²) in [5.74, 6) is -0.0297. The lowest BCUT2D eigenvalue weighted by atomic mass is 10.1. The first-order valence-corrected chi connectivity index (χ1v) is 7.41. The minimum absolute atomic E-state index is 0.170. The van der Waals surface area contributed by atoms with Gasteiger partial charge in [-0.15, -0.1) is 0 Å². The quantitative estimate of drug-likeness (QED) is 0.810. The zero-order valence-corrected chi connectivity index (χ0v) is 13.0. The molecule has 2 amide bonds. The molecule has 2 N–H and O–H groups in total. The number of carbonyl (C=O) groups excluding carboxylic acids is 2. The molecule has 0 saturated carbocycles. The summed E-state index contributed by atoms with van der Waals surface area (Å²) in [5, 5.41) is 6.29. The van der Waals surface area contributed by atoms with E-state index in [4.69, 9.17) is 11.6 Å². The first-order valence-electron chi connectivity index (χ1n) is 7.03. The molecule has 114 valence electrons. The molecule has 0 atom stereocenters. The van der Waals surface area contributed by atoms with Gasteiger partial charge in [-0.2, -0.15) is 0 Å². The number of piperazine rings is 1. The van der Waals surface area contributed by atoms with Crippen molar-refractivity contribution in [2.45, 2.75) is 20.4 Å². The number of hydrogen-bond donors (Lipinski definition) is 2. The summed E-state index contributed by atoms with van der Waals surface area (Å²) in [7, 11) is 0. The molecule has 1 fully saturated rings. The van der Waals surface area contributed by atoms with E-state index in [9.17, 15) is 9.59 Å². The maximum atomic E-state index is 11.5. The molecule has 0 radical (unpaired) electrons. The van der Waals surface area contributed by atoms with Crippen molar-refractivity contribution in [3.8, 4) is 0 Å². The number of halogens is 1. The number of hydrogen-bond acceptors (Lipinski definition) is 4. The zero-order valence-electron chi connectivity index (χ0n) is 12.3. The Hall–Kier alpha value is -1.59. The Kier molecular flexibility index (Phi) is 5.20. The van der Waals surface area contributed by atoms with Crippen molar-refractivity contribution >= 4 is 29.1 Å². The number of nitrogens with zero attached hydrogens (tertiary/aromatic N) is 1. The fourth-order valence-corrected chi connectivity index (χ4v) is 2.55. The average molecular weight is 310 g/mol. The van der Waals surface area contributed by atoms with Crippen LogP contribution in [0.5, 0.6) is 0 Å². The van der Waals surface area contributed by atoms with Crippen LogP contribution in [0.25, 0.3) is 0 Å². The zero-order chi connectivity index (χ0) is 15.4. The van der Waals surface area contributed by atoms with Crippen molar-refractivity contribution in [3.05, 3.63) is 28.8 Å². The average Bonchev–Trinajstić information content (AvgIpc) is 2.39. The second-order valence-electron chi connectivity index (χ2n) is 5.59. The van der Waals surface area contributed by atoms with Crippen LogP contribution in [0.1, 0.15) is 19.4 Å². The van der Waals surface area contributed by atoms with Crippen LogP contribution < -0.4 is 15.5 Å². The van der Waals surface area contributed by atoms with E-state index in [0.717, 1.165) is 17.8 Å². The Balaban J connectivity index is 2.20. The molecule has 0 unspecified atom stereocenters. The highest BCUT2D eigenvalue weighted by molar-refractivity contribution is 6.31. The minimum atomic E-state index is -0.285. The van der Waals surface area contributed by atoms with Gasteiger partial charge < -0.3 is 10.2 Å². The van der Waals surface area contributed by atoms with E-state index >= 15 is 0 Å². The molecule has 1 aromatic rings. The minimum Gasteiger partial charge on any atom is -0.353 e. The van der Waals surface area contributed by atoms with E-state index in [-0.39, 0.29) is 24.9 Å². The number of anilines is 1. The number of carbonyl (C=O) groups is 2. The normalized spacial score (nSPS) is 15.5. The van der Waals surface area contributed by atoms with Crippen molar-refractivity contribution in [2.24, 2.45) is 5.92 Å². The summed E-state index contributed by atoms with van der Waals surface area (Å²) in [4.78, 5) is 24.8. The van der Waals surface area contributed by atoms with Crippen LogP contribution in [0.4, 0.5) is 5.69 Å². The summed E-state index contributed by atoms with van der Waals surface area (Å²) in [6, 6.07) is 5.55. The fourth-order valence-electron chi connectivity index (χ4n) is 2.31. The van der Waals surface area contributed by atoms with Gasteiger partial charge in [-0.05, 0) is 24.6 Å². The third kappa shape index (κ3) is 4.19. The number of imide groups is 1. The van der Waals surface area contributed by atoms with Crippen molar-refractivity contribution in [1.29, 1.82) is 0 Å². The predicted octanol–water partition coefficient (Wildman–Crippen LogP) is 1.55. The molecule has 5 nitrogen and oxygen atoms in total. The fraction of sp³-hybridized carbons (Fsp3) is 0.467. The Morgan fingerprint density at radius 2 is 1.95 bits per heavy atom. The number of rotatable bonds is 5. The molecule has 0 aliphatic carbocycles. The Bertz CT molecular complexity index is 530. The predicted molar refractivity (Wildman–Crippen MR) is 83.4 cm³/mol. The van der Waals surface area contributed by atoms with Crippen LogP contribution in [-0.2, 0) is 16.1 Å². The largest absolute Gasteiger partial charge is 0.353 e. The van der Waals surface area contributed by atoms with Crippen LogP contribution in [0.15, 0.2) is 18.2 Å². The second kappa shape index (κ2) is 6.91. The molecule has 1 aliphatic heterocycles. The summed E-state index contributed by atoms with van der Waals surface area (Å²) < 4.78 is 0. The van der Waals surface area contributed by atoms with Gasteiger partial charge in [-0.3, -0.25) is 14.9 Å². The Labute approximate surface area is 129 Å². The highest BCUT2D eigenvalue weighted by Crippen LogP contribution is 2.28. The maximum Gasteiger partial charge on any atom is 0.246 e. The molecule has 1 heterocycles. The van der Waals surface area contributed by atoms with Gasteiger partial charge in [0.05, 0.1) is 13.1 Å². The number of nitrogens with one attached hydrogen (secondary N) is 2. The van der Waals surface area contributed by atoms with Gasteiger partial charge in [-0.1, -0.05) is 31.5 Å². The lowest BCUT2D eigenvalue weighted by Crippen LogP contribution is -2.51. The molecule has 21 heavy (non-hydrogen) atoms. The van der Waals surface area contributed by atoms with Crippen LogP contribution >= 0.6 is 11.6 Å². The standard InChI is InChI=1S/C15H20ClN3O2/c1-10(2)6-17-7-11-12(16)4-3-5-13(11)19-8-14(20)18-15(21)9-19/h3-5,10,17H,6-9H2,1-2H3,(H,18,20,21). The smallest absolute Gasteiger partial charge is 0.246 e. The molecule has 6 heteroatoms. The van der Waals surface area contributed by atoms with Crippen LogP contribution in [0.2, 0.25) is 5.02 Å². The second-order valence-corrected chi connectivity index (χ2v) is 6.00. The van der Waals surface area contributed by atoms with Crippen LogP contribution in [0.3, 0.4) is 0 Å². The summed E-state index contributed by atoms with van der Waals surface area (Å²) in [6.45, 7) is 6.10. The van der Waals surface area contributed by atoms with E-state index in [1.807, 2.05) is 18.2 Å². The molecule has 1 saturated heterocycles. The van der Waals surface area contributed by atoms with Crippen molar-refractivity contribution < 1.29 is 9.59 Å². The van der Waals surface area contributed by atoms with Gasteiger partial charge in [-0.25, -0.2) is 0 Å². The van der Waals surface area contributed by atoms with Gasteiger partial charge in [0.15, 0.2) is 0 Å². The SMILES string of the molecule is CC(C)CNCc1c(Cl)cccc1N1CC(=O)NC(=O)C1. The molecular weight excluding hydrogens is 290 g/mol. The van der Waals surface area contributed by atoms with E-state index in [1.54, 1.807) is 4.90 Å². The lowest BCUT2D eigenvalue weighted by molar-refractivity contribution is -0.130. The highest BCUT2D eigenvalue weighted by atomic mass is 35.5. The van der Waals surface area contributed by atoms with Gasteiger partial charge in [0, 0.05) is 22.8 Å². The Morgan fingerprint density at radius 1 is 1.29 bits per heavy atom. The lowest BCUT2D eigenvalue weighted by Gasteiger charge is -2.29. The topological polar surface area (TPSA) is 61.4 Å². The monoisotopic (exact) mass is 309 g/mol. The molecule has 1 aromatic carbocycles. The summed E-state index contributed by atoms with van der Waals surface area (Å²) in [5.41, 5.74) is 1.75. The van der Waals surface area contributed by atoms with Crippen molar-refractivity contribution in [2.75, 3.05) is 24.5 Å². The maximum absolute atomic E-state index is 11.5. The van der Waals surface area contributed by atoms with Gasteiger partial charge in [0.25, 0.3) is 0 Å². The third-order valence-corrected chi connectivity index (χ3v) is 3.59. The number of amides is 2. The van der Waals surface area contributed by atoms with E-state index in [2.05, 4.69) is 24.5 Å². The Morgan fingerprint density at radius 3 is 2.57 bits per heavy atom. The van der Waals surface area contributed by atoms with Crippen LogP contribution in [0, 0.1) is 5.92 Å². The third-order valence-electron chi connectivity index (χ3n) is 3.24. The van der Waals surface area contributed by atoms with Gasteiger partial charge in [0.1, 0.15) is 0 Å². The highest BCUT2D eigenvalue weighted by Gasteiger charge is 2.24. The van der Waals surface area contributed by atoms with Gasteiger partial charge in [0.2, 0.25) is 11.8 Å². The summed E-state index contributed by atoms with van der Waals surface area (Å²) in [6.07, 6.45) is 0. The van der Waals surface area contributed by atoms with Crippen molar-refractivity contribution in [1.82, 2.24) is 10.6 Å².